The number of nitrogens with one attached hydrogen (secondary N) is 1. The molecule has 3 aliphatic rings. The van der Waals surface area contributed by atoms with Crippen molar-refractivity contribution in [1.29, 1.82) is 0 Å². The molecule has 5 atom stereocenters. The number of aromatic nitrogens is 1. The third kappa shape index (κ3) is 5.77. The van der Waals surface area contributed by atoms with Gasteiger partial charge in [-0.05, 0) is 67.9 Å². The molecule has 0 bridgehead atoms. The molecule has 6 nitrogen and oxygen atoms in total. The van der Waals surface area contributed by atoms with Crippen molar-refractivity contribution in [1.82, 2.24) is 15.2 Å². The Kier molecular flexibility index (Phi) is 7.85. The number of benzene rings is 1. The van der Waals surface area contributed by atoms with Gasteiger partial charge in [0.1, 0.15) is 12.0 Å². The van der Waals surface area contributed by atoms with E-state index in [0.717, 1.165) is 48.4 Å². The minimum absolute atomic E-state index is 0.0706. The van der Waals surface area contributed by atoms with Crippen molar-refractivity contribution in [2.75, 3.05) is 38.2 Å². The molecule has 2 fully saturated rings. The molecular weight excluding hydrogens is 486 g/mol. The van der Waals surface area contributed by atoms with E-state index in [1.54, 1.807) is 19.2 Å². The summed E-state index contributed by atoms with van der Waals surface area (Å²) in [6.45, 7) is 8.88. The maximum Gasteiger partial charge on any atom is 0.241 e. The van der Waals surface area contributed by atoms with Crippen LogP contribution < -0.4 is 10.2 Å². The van der Waals surface area contributed by atoms with Crippen molar-refractivity contribution in [2.24, 2.45) is 5.92 Å². The molecule has 8 heteroatoms. The highest BCUT2D eigenvalue weighted by Gasteiger charge is 2.42. The van der Waals surface area contributed by atoms with Crippen LogP contribution in [0.2, 0.25) is 0 Å². The number of ether oxygens (including phenoxy) is 1. The number of fused-ring (bicyclic) bond motifs is 1. The first-order valence-electron chi connectivity index (χ1n) is 13.8. The molecule has 1 saturated heterocycles. The number of alkyl halides is 1. The van der Waals surface area contributed by atoms with Crippen LogP contribution >= 0.6 is 0 Å². The van der Waals surface area contributed by atoms with Gasteiger partial charge in [-0.3, -0.25) is 14.7 Å². The minimum atomic E-state index is -0.907. The zero-order valence-corrected chi connectivity index (χ0v) is 22.9. The molecular formula is C30H40F2N4O2. The lowest BCUT2D eigenvalue weighted by molar-refractivity contribution is -0.120. The van der Waals surface area contributed by atoms with Gasteiger partial charge >= 0.3 is 0 Å². The molecule has 1 N–H and O–H groups in total. The summed E-state index contributed by atoms with van der Waals surface area (Å²) in [5.74, 6) is 0.0782. The van der Waals surface area contributed by atoms with Gasteiger partial charge in [0.2, 0.25) is 5.91 Å². The van der Waals surface area contributed by atoms with Gasteiger partial charge in [0.05, 0.1) is 24.0 Å². The molecule has 1 unspecified atom stereocenters. The SMILES string of the molecule is CO[C@@H]1CC(C[C@H]2CN[C@H](C)CN2CC(=O)N2CC(C)(C)c3ncc(Cc4ccc(F)cc4)cc32)C[C@@H]1F. The van der Waals surface area contributed by atoms with Gasteiger partial charge in [0.25, 0.3) is 0 Å². The lowest BCUT2D eigenvalue weighted by Crippen LogP contribution is -2.58. The van der Waals surface area contributed by atoms with Gasteiger partial charge in [-0.15, -0.1) is 0 Å². The van der Waals surface area contributed by atoms with Gasteiger partial charge in [-0.25, -0.2) is 8.78 Å². The predicted molar refractivity (Wildman–Crippen MR) is 145 cm³/mol. The highest BCUT2D eigenvalue weighted by molar-refractivity contribution is 5.97. The number of nitrogens with zero attached hydrogens (tertiary/aromatic N) is 3. The van der Waals surface area contributed by atoms with Crippen LogP contribution in [0.15, 0.2) is 36.5 Å². The fourth-order valence-corrected chi connectivity index (χ4v) is 6.52. The summed E-state index contributed by atoms with van der Waals surface area (Å²) in [5.41, 5.74) is 3.56. The second kappa shape index (κ2) is 11.0. The molecule has 2 aromatic rings. The van der Waals surface area contributed by atoms with Crippen LogP contribution in [-0.4, -0.2) is 73.4 Å². The smallest absolute Gasteiger partial charge is 0.241 e. The lowest BCUT2D eigenvalue weighted by atomic mass is 9.91. The van der Waals surface area contributed by atoms with Crippen molar-refractivity contribution in [3.63, 3.8) is 0 Å². The van der Waals surface area contributed by atoms with Crippen LogP contribution in [0.5, 0.6) is 0 Å². The molecule has 5 rings (SSSR count). The maximum atomic E-state index is 14.3. The number of hydrogen-bond acceptors (Lipinski definition) is 5. The summed E-state index contributed by atoms with van der Waals surface area (Å²) in [6.07, 6.45) is 3.41. The Hall–Kier alpha value is -2.42. The molecule has 1 aliphatic carbocycles. The average Bonchev–Trinajstić information content (AvgIpc) is 3.37. The van der Waals surface area contributed by atoms with Crippen LogP contribution in [0.4, 0.5) is 14.5 Å². The number of pyridine rings is 1. The van der Waals surface area contributed by atoms with Gasteiger partial charge in [-0.1, -0.05) is 26.0 Å². The number of rotatable bonds is 7. The second-order valence-electron chi connectivity index (χ2n) is 12.1. The zero-order chi connectivity index (χ0) is 27.0. The van der Waals surface area contributed by atoms with E-state index >= 15 is 0 Å². The van der Waals surface area contributed by atoms with Gasteiger partial charge in [0, 0.05) is 50.4 Å². The molecule has 1 saturated carbocycles. The Balaban J connectivity index is 1.31. The zero-order valence-electron chi connectivity index (χ0n) is 22.9. The summed E-state index contributed by atoms with van der Waals surface area (Å²) in [5, 5.41) is 3.55. The largest absolute Gasteiger partial charge is 0.378 e. The summed E-state index contributed by atoms with van der Waals surface area (Å²) < 4.78 is 33.0. The quantitative estimate of drug-likeness (QED) is 0.585. The van der Waals surface area contributed by atoms with Crippen LogP contribution in [-0.2, 0) is 21.4 Å². The summed E-state index contributed by atoms with van der Waals surface area (Å²) >= 11 is 0. The average molecular weight is 527 g/mol. The van der Waals surface area contributed by atoms with E-state index in [2.05, 4.69) is 37.1 Å². The van der Waals surface area contributed by atoms with E-state index in [9.17, 15) is 13.6 Å². The number of amides is 1. The van der Waals surface area contributed by atoms with E-state index in [1.807, 2.05) is 11.1 Å². The predicted octanol–water partition coefficient (Wildman–Crippen LogP) is 4.25. The van der Waals surface area contributed by atoms with Crippen LogP contribution in [0, 0.1) is 11.7 Å². The molecule has 2 aliphatic heterocycles. The van der Waals surface area contributed by atoms with Crippen LogP contribution in [0.3, 0.4) is 0 Å². The van der Waals surface area contributed by atoms with E-state index in [1.165, 1.54) is 12.1 Å². The fourth-order valence-electron chi connectivity index (χ4n) is 6.52. The fraction of sp³-hybridized carbons (Fsp3) is 0.600. The van der Waals surface area contributed by atoms with Crippen LogP contribution in [0.1, 0.15) is 56.9 Å². The maximum absolute atomic E-state index is 14.3. The topological polar surface area (TPSA) is 57.7 Å². The number of anilines is 1. The normalized spacial score (nSPS) is 29.0. The van der Waals surface area contributed by atoms with Gasteiger partial charge in [0.15, 0.2) is 0 Å². The van der Waals surface area contributed by atoms with Crippen molar-refractivity contribution < 1.29 is 18.3 Å². The molecule has 206 valence electrons. The standard InChI is InChI=1S/C30H40F2N4O2/c1-19-16-35(24(15-33-19)10-21-11-25(32)27(13-21)38-4)17-28(37)36-18-30(2,3)29-26(36)12-22(14-34-29)9-20-5-7-23(31)8-6-20/h5-8,12,14,19,21,24-25,27,33H,9-11,13,15-18H2,1-4H3/t19-,21?,24+,25+,27-/m1/s1. The Morgan fingerprint density at radius 2 is 1.97 bits per heavy atom. The van der Waals surface area contributed by atoms with Gasteiger partial charge in [-0.2, -0.15) is 0 Å². The molecule has 0 radical (unpaired) electrons. The third-order valence-electron chi connectivity index (χ3n) is 8.53. The Morgan fingerprint density at radius 1 is 1.21 bits per heavy atom. The van der Waals surface area contributed by atoms with E-state index in [4.69, 9.17) is 9.72 Å². The third-order valence-corrected chi connectivity index (χ3v) is 8.53. The molecule has 3 heterocycles. The second-order valence-corrected chi connectivity index (χ2v) is 12.1. The number of hydrogen-bond donors (Lipinski definition) is 1. The Bertz CT molecular complexity index is 1140. The van der Waals surface area contributed by atoms with E-state index < -0.39 is 6.17 Å². The monoisotopic (exact) mass is 526 g/mol. The summed E-state index contributed by atoms with van der Waals surface area (Å²) in [7, 11) is 1.59. The molecule has 1 amide bonds. The number of piperazine rings is 1. The molecule has 1 aromatic carbocycles. The summed E-state index contributed by atoms with van der Waals surface area (Å²) in [6, 6.07) is 9.04. The lowest BCUT2D eigenvalue weighted by Gasteiger charge is -2.40. The number of carbonyl (C=O) groups is 1. The van der Waals surface area contributed by atoms with Crippen molar-refractivity contribution in [3.05, 3.63) is 59.2 Å². The highest BCUT2D eigenvalue weighted by atomic mass is 19.1. The van der Waals surface area contributed by atoms with Gasteiger partial charge < -0.3 is 15.0 Å². The Morgan fingerprint density at radius 3 is 2.68 bits per heavy atom. The number of methoxy groups -OCH3 is 1. The molecule has 1 aromatic heterocycles. The van der Waals surface area contributed by atoms with Crippen molar-refractivity contribution in [2.45, 2.75) is 76.2 Å². The van der Waals surface area contributed by atoms with Crippen LogP contribution in [0.25, 0.3) is 0 Å². The number of halogens is 2. The summed E-state index contributed by atoms with van der Waals surface area (Å²) in [4.78, 5) is 22.8. The van der Waals surface area contributed by atoms with Crippen molar-refractivity contribution in [3.8, 4) is 0 Å². The molecule has 38 heavy (non-hydrogen) atoms. The minimum Gasteiger partial charge on any atom is -0.378 e. The molecule has 0 spiro atoms. The first kappa shape index (κ1) is 27.2. The van der Waals surface area contributed by atoms with E-state index in [-0.39, 0.29) is 41.2 Å². The van der Waals surface area contributed by atoms with E-state index in [0.29, 0.717) is 25.9 Å². The highest BCUT2D eigenvalue weighted by Crippen LogP contribution is 2.40. The van der Waals surface area contributed by atoms with Crippen molar-refractivity contribution >= 4 is 11.6 Å². The number of carbonyl (C=O) groups excluding carboxylic acids is 1. The Labute approximate surface area is 224 Å². The first-order chi connectivity index (χ1) is 18.1. The first-order valence-corrected chi connectivity index (χ1v) is 13.8.